The van der Waals surface area contributed by atoms with E-state index < -0.39 is 11.7 Å². The molecular weight excluding hydrogens is 422 g/mol. The fourth-order valence-corrected chi connectivity index (χ4v) is 3.85. The molecule has 1 unspecified atom stereocenters. The molecule has 1 fully saturated rings. The van der Waals surface area contributed by atoms with Gasteiger partial charge in [0.2, 0.25) is 5.91 Å². The number of carbonyl (C=O) groups is 3. The molecule has 0 bridgehead atoms. The molecule has 1 aromatic rings. The zero-order chi connectivity index (χ0) is 24.6. The fraction of sp³-hybridized carbons (Fsp3) is 0.640. The van der Waals surface area contributed by atoms with E-state index in [0.717, 1.165) is 18.4 Å². The minimum atomic E-state index is -0.564. The van der Waals surface area contributed by atoms with Gasteiger partial charge in [-0.1, -0.05) is 19.9 Å². The molecular formula is C25H39N3O5. The van der Waals surface area contributed by atoms with E-state index >= 15 is 0 Å². The van der Waals surface area contributed by atoms with Gasteiger partial charge in [0.15, 0.2) is 6.61 Å². The van der Waals surface area contributed by atoms with Crippen LogP contribution >= 0.6 is 0 Å². The van der Waals surface area contributed by atoms with Crippen molar-refractivity contribution in [1.82, 2.24) is 15.5 Å². The van der Waals surface area contributed by atoms with E-state index in [1.165, 1.54) is 5.56 Å². The summed E-state index contributed by atoms with van der Waals surface area (Å²) in [4.78, 5) is 38.5. The summed E-state index contributed by atoms with van der Waals surface area (Å²) in [6.07, 6.45) is 0.980. The predicted molar refractivity (Wildman–Crippen MR) is 127 cm³/mol. The largest absolute Gasteiger partial charge is 0.484 e. The molecule has 1 heterocycles. The van der Waals surface area contributed by atoms with Crippen molar-refractivity contribution in [1.29, 1.82) is 0 Å². The molecule has 2 N–H and O–H groups in total. The molecule has 0 radical (unpaired) electrons. The molecule has 1 aliphatic rings. The Morgan fingerprint density at radius 2 is 1.85 bits per heavy atom. The number of carbonyl (C=O) groups excluding carboxylic acids is 3. The van der Waals surface area contributed by atoms with Gasteiger partial charge < -0.3 is 25.0 Å². The molecule has 1 atom stereocenters. The Morgan fingerprint density at radius 1 is 1.15 bits per heavy atom. The second-order valence-electron chi connectivity index (χ2n) is 9.86. The predicted octanol–water partition coefficient (Wildman–Crippen LogP) is 3.38. The number of amides is 3. The van der Waals surface area contributed by atoms with Crippen molar-refractivity contribution in [2.75, 3.05) is 32.8 Å². The van der Waals surface area contributed by atoms with Crippen LogP contribution in [0, 0.1) is 12.8 Å². The third-order valence-corrected chi connectivity index (χ3v) is 5.46. The first kappa shape index (κ1) is 26.5. The minimum absolute atomic E-state index is 0.0470. The number of rotatable bonds is 8. The van der Waals surface area contributed by atoms with Gasteiger partial charge in [-0.3, -0.25) is 9.59 Å². The van der Waals surface area contributed by atoms with Gasteiger partial charge in [-0.2, -0.15) is 0 Å². The highest BCUT2D eigenvalue weighted by Crippen LogP contribution is 2.24. The van der Waals surface area contributed by atoms with Crippen LogP contribution in [0.15, 0.2) is 18.2 Å². The van der Waals surface area contributed by atoms with Gasteiger partial charge >= 0.3 is 6.09 Å². The average Bonchev–Trinajstić information content (AvgIpc) is 2.73. The fourth-order valence-electron chi connectivity index (χ4n) is 3.85. The average molecular weight is 462 g/mol. The molecule has 8 heteroatoms. The molecule has 1 saturated heterocycles. The Hall–Kier alpha value is -2.77. The van der Waals surface area contributed by atoms with Crippen molar-refractivity contribution in [3.63, 3.8) is 0 Å². The Bertz CT molecular complexity index is 832. The van der Waals surface area contributed by atoms with E-state index in [-0.39, 0.29) is 30.9 Å². The van der Waals surface area contributed by atoms with Gasteiger partial charge in [-0.15, -0.1) is 0 Å². The van der Waals surface area contributed by atoms with Crippen LogP contribution < -0.4 is 15.4 Å². The molecule has 1 aromatic carbocycles. The van der Waals surface area contributed by atoms with Gasteiger partial charge in [-0.25, -0.2) is 4.79 Å². The van der Waals surface area contributed by atoms with Gasteiger partial charge in [0, 0.05) is 26.2 Å². The van der Waals surface area contributed by atoms with Crippen LogP contribution in [-0.2, 0) is 14.3 Å². The third-order valence-electron chi connectivity index (χ3n) is 5.46. The number of benzene rings is 1. The lowest BCUT2D eigenvalue weighted by molar-refractivity contribution is -0.137. The molecule has 8 nitrogen and oxygen atoms in total. The second-order valence-corrected chi connectivity index (χ2v) is 9.86. The van der Waals surface area contributed by atoms with Gasteiger partial charge in [0.1, 0.15) is 11.4 Å². The number of piperidine rings is 1. The lowest BCUT2D eigenvalue weighted by atomic mass is 9.97. The molecule has 0 saturated carbocycles. The maximum absolute atomic E-state index is 12.7. The summed E-state index contributed by atoms with van der Waals surface area (Å²) in [7, 11) is 0. The topological polar surface area (TPSA) is 97.0 Å². The van der Waals surface area contributed by atoms with Crippen LogP contribution in [0.25, 0.3) is 0 Å². The van der Waals surface area contributed by atoms with E-state index in [2.05, 4.69) is 24.5 Å². The van der Waals surface area contributed by atoms with Crippen molar-refractivity contribution in [2.45, 2.75) is 65.9 Å². The SMILES string of the molecule is Cc1cc(OCC(=O)N2CCCC(C(=O)NCCNC(=O)OC(C)(C)C)C2)ccc1C(C)C. The van der Waals surface area contributed by atoms with E-state index in [1.807, 2.05) is 25.1 Å². The first-order chi connectivity index (χ1) is 15.5. The number of alkyl carbamates (subject to hydrolysis) is 1. The van der Waals surface area contributed by atoms with E-state index in [4.69, 9.17) is 9.47 Å². The Morgan fingerprint density at radius 3 is 2.48 bits per heavy atom. The number of likely N-dealkylation sites (tertiary alicyclic amines) is 1. The van der Waals surface area contributed by atoms with E-state index in [1.54, 1.807) is 25.7 Å². The first-order valence-corrected chi connectivity index (χ1v) is 11.7. The highest BCUT2D eigenvalue weighted by atomic mass is 16.6. The summed E-state index contributed by atoms with van der Waals surface area (Å²) in [5.41, 5.74) is 1.84. The summed E-state index contributed by atoms with van der Waals surface area (Å²) in [5.74, 6) is 0.611. The van der Waals surface area contributed by atoms with Crippen molar-refractivity contribution < 1.29 is 23.9 Å². The first-order valence-electron chi connectivity index (χ1n) is 11.7. The van der Waals surface area contributed by atoms with Gasteiger partial charge in [0.25, 0.3) is 5.91 Å². The van der Waals surface area contributed by atoms with E-state index in [0.29, 0.717) is 31.3 Å². The smallest absolute Gasteiger partial charge is 0.407 e. The molecule has 0 spiro atoms. The van der Waals surface area contributed by atoms with Crippen molar-refractivity contribution in [2.24, 2.45) is 5.92 Å². The molecule has 1 aliphatic heterocycles. The highest BCUT2D eigenvalue weighted by molar-refractivity contribution is 5.82. The lowest BCUT2D eigenvalue weighted by Crippen LogP contribution is -2.47. The highest BCUT2D eigenvalue weighted by Gasteiger charge is 2.28. The normalized spacial score (nSPS) is 16.3. The molecule has 184 valence electrons. The number of nitrogens with zero attached hydrogens (tertiary/aromatic N) is 1. The van der Waals surface area contributed by atoms with Gasteiger partial charge in [0.05, 0.1) is 5.92 Å². The minimum Gasteiger partial charge on any atom is -0.484 e. The molecule has 0 aromatic heterocycles. The van der Waals surface area contributed by atoms with Crippen LogP contribution in [-0.4, -0.2) is 61.2 Å². The molecule has 33 heavy (non-hydrogen) atoms. The lowest BCUT2D eigenvalue weighted by Gasteiger charge is -2.32. The summed E-state index contributed by atoms with van der Waals surface area (Å²) < 4.78 is 10.9. The maximum Gasteiger partial charge on any atom is 0.407 e. The Labute approximate surface area is 197 Å². The quantitative estimate of drug-likeness (QED) is 0.579. The summed E-state index contributed by atoms with van der Waals surface area (Å²) in [5, 5.41) is 5.44. The third kappa shape index (κ3) is 8.94. The second kappa shape index (κ2) is 11.9. The summed E-state index contributed by atoms with van der Waals surface area (Å²) in [6, 6.07) is 5.90. The Kier molecular flexibility index (Phi) is 9.56. The van der Waals surface area contributed by atoms with Gasteiger partial charge in [-0.05, 0) is 69.7 Å². The number of hydrogen-bond donors (Lipinski definition) is 2. The van der Waals surface area contributed by atoms with Crippen LogP contribution in [0.3, 0.4) is 0 Å². The van der Waals surface area contributed by atoms with Crippen molar-refractivity contribution in [3.8, 4) is 5.75 Å². The number of aryl methyl sites for hydroxylation is 1. The Balaban J connectivity index is 1.75. The van der Waals surface area contributed by atoms with Crippen LogP contribution in [0.2, 0.25) is 0 Å². The standard InChI is InChI=1S/C25H39N3O5/c1-17(2)21-10-9-20(14-18(21)3)32-16-22(29)28-13-7-8-19(15-28)23(30)26-11-12-27-24(31)33-25(4,5)6/h9-10,14,17,19H,7-8,11-13,15-16H2,1-6H3,(H,26,30)(H,27,31). The molecule has 0 aliphatic carbocycles. The number of nitrogens with one attached hydrogen (secondary N) is 2. The summed E-state index contributed by atoms with van der Waals surface area (Å²) in [6.45, 7) is 13.2. The monoisotopic (exact) mass is 461 g/mol. The zero-order valence-electron chi connectivity index (χ0n) is 20.8. The zero-order valence-corrected chi connectivity index (χ0v) is 20.8. The molecule has 3 amide bonds. The maximum atomic E-state index is 12.7. The van der Waals surface area contributed by atoms with Crippen LogP contribution in [0.4, 0.5) is 4.79 Å². The number of ether oxygens (including phenoxy) is 2. The van der Waals surface area contributed by atoms with Crippen LogP contribution in [0.1, 0.15) is 64.5 Å². The number of hydrogen-bond acceptors (Lipinski definition) is 5. The van der Waals surface area contributed by atoms with Crippen molar-refractivity contribution >= 4 is 17.9 Å². The van der Waals surface area contributed by atoms with Crippen molar-refractivity contribution in [3.05, 3.63) is 29.3 Å². The summed E-state index contributed by atoms with van der Waals surface area (Å²) >= 11 is 0. The van der Waals surface area contributed by atoms with E-state index in [9.17, 15) is 14.4 Å². The molecule has 2 rings (SSSR count). The van der Waals surface area contributed by atoms with Crippen LogP contribution in [0.5, 0.6) is 5.75 Å².